The molecule has 0 saturated carbocycles. The maximum atomic E-state index is 12.7. The Morgan fingerprint density at radius 3 is 2.54 bits per heavy atom. The van der Waals surface area contributed by atoms with E-state index in [0.29, 0.717) is 12.2 Å². The third kappa shape index (κ3) is 3.47. The highest BCUT2D eigenvalue weighted by atomic mass is 32.2. The van der Waals surface area contributed by atoms with E-state index in [0.717, 1.165) is 23.1 Å². The molecule has 0 aliphatic carbocycles. The molecular formula is C17H19N3O3S. The molecule has 0 radical (unpaired) electrons. The van der Waals surface area contributed by atoms with Crippen molar-refractivity contribution in [3.05, 3.63) is 59.3 Å². The van der Waals surface area contributed by atoms with Crippen molar-refractivity contribution in [3.8, 4) is 0 Å². The Morgan fingerprint density at radius 2 is 1.88 bits per heavy atom. The molecule has 1 aliphatic heterocycles. The van der Waals surface area contributed by atoms with E-state index >= 15 is 0 Å². The lowest BCUT2D eigenvalue weighted by Gasteiger charge is -2.34. The minimum atomic E-state index is -3.51. The minimum absolute atomic E-state index is 0.203. The lowest BCUT2D eigenvalue weighted by Crippen LogP contribution is -2.50. The van der Waals surface area contributed by atoms with Crippen molar-refractivity contribution in [3.63, 3.8) is 0 Å². The first kappa shape index (κ1) is 16.6. The highest BCUT2D eigenvalue weighted by Crippen LogP contribution is 2.26. The minimum Gasteiger partial charge on any atom is -0.309 e. The molecule has 0 saturated heterocycles. The molecule has 2 aromatic rings. The van der Waals surface area contributed by atoms with E-state index in [1.165, 1.54) is 4.31 Å². The number of anilines is 1. The van der Waals surface area contributed by atoms with Gasteiger partial charge in [0.05, 0.1) is 6.26 Å². The molecule has 1 atom stereocenters. The molecule has 0 unspecified atom stereocenters. The molecule has 1 N–H and O–H groups in total. The fraction of sp³-hybridized carbons (Fsp3) is 0.294. The Morgan fingerprint density at radius 1 is 1.17 bits per heavy atom. The molecule has 6 nitrogen and oxygen atoms in total. The number of hydrogen-bond donors (Lipinski definition) is 1. The van der Waals surface area contributed by atoms with Gasteiger partial charge in [-0.25, -0.2) is 13.4 Å². The van der Waals surface area contributed by atoms with Gasteiger partial charge in [-0.05, 0) is 36.6 Å². The predicted octanol–water partition coefficient (Wildman–Crippen LogP) is 1.72. The van der Waals surface area contributed by atoms with Gasteiger partial charge in [0.15, 0.2) is 0 Å². The van der Waals surface area contributed by atoms with Crippen molar-refractivity contribution in [2.75, 3.05) is 11.6 Å². The molecule has 7 heteroatoms. The van der Waals surface area contributed by atoms with E-state index in [1.54, 1.807) is 12.1 Å². The quantitative estimate of drug-likeness (QED) is 0.918. The zero-order valence-electron chi connectivity index (χ0n) is 13.6. The van der Waals surface area contributed by atoms with E-state index in [-0.39, 0.29) is 12.5 Å². The number of carbonyl (C=O) groups is 1. The number of sulfonamides is 1. The van der Waals surface area contributed by atoms with Gasteiger partial charge in [-0.1, -0.05) is 30.3 Å². The third-order valence-corrected chi connectivity index (χ3v) is 5.31. The number of nitrogens with zero attached hydrogens (tertiary/aromatic N) is 2. The molecule has 3 rings (SSSR count). The maximum absolute atomic E-state index is 12.7. The van der Waals surface area contributed by atoms with Crippen LogP contribution in [0.25, 0.3) is 0 Å². The van der Waals surface area contributed by atoms with E-state index in [9.17, 15) is 13.2 Å². The van der Waals surface area contributed by atoms with Crippen molar-refractivity contribution in [1.82, 2.24) is 9.29 Å². The van der Waals surface area contributed by atoms with E-state index < -0.39 is 16.1 Å². The van der Waals surface area contributed by atoms with Crippen LogP contribution >= 0.6 is 0 Å². The molecule has 1 aliphatic rings. The molecule has 2 heterocycles. The number of fused-ring (bicyclic) bond motifs is 1. The van der Waals surface area contributed by atoms with Crippen LogP contribution in [0, 0.1) is 6.92 Å². The first-order valence-corrected chi connectivity index (χ1v) is 9.47. The second-order valence-electron chi connectivity index (χ2n) is 5.95. The van der Waals surface area contributed by atoms with Gasteiger partial charge < -0.3 is 5.32 Å². The molecule has 0 fully saturated rings. The van der Waals surface area contributed by atoms with E-state index in [1.807, 2.05) is 37.3 Å². The van der Waals surface area contributed by atoms with Crippen LogP contribution in [-0.2, 0) is 27.8 Å². The van der Waals surface area contributed by atoms with Crippen molar-refractivity contribution < 1.29 is 13.2 Å². The summed E-state index contributed by atoms with van der Waals surface area (Å²) in [6, 6.07) is 12.1. The SMILES string of the molecule is Cc1cccc(NC(=O)[C@@H]2Cc3ccccc3CN2S(C)(=O)=O)n1. The highest BCUT2D eigenvalue weighted by Gasteiger charge is 2.36. The molecular weight excluding hydrogens is 326 g/mol. The number of aromatic nitrogens is 1. The fourth-order valence-electron chi connectivity index (χ4n) is 2.89. The summed E-state index contributed by atoms with van der Waals surface area (Å²) in [6.45, 7) is 2.03. The summed E-state index contributed by atoms with van der Waals surface area (Å²) in [5, 5.41) is 2.73. The largest absolute Gasteiger partial charge is 0.309 e. The fourth-order valence-corrected chi connectivity index (χ4v) is 3.90. The van der Waals surface area contributed by atoms with Crippen LogP contribution in [0.4, 0.5) is 5.82 Å². The zero-order valence-corrected chi connectivity index (χ0v) is 14.4. The molecule has 0 spiro atoms. The number of amides is 1. The lowest BCUT2D eigenvalue weighted by atomic mass is 9.95. The summed E-state index contributed by atoms with van der Waals surface area (Å²) in [4.78, 5) is 16.9. The summed E-state index contributed by atoms with van der Waals surface area (Å²) in [5.74, 6) is 0.0559. The summed E-state index contributed by atoms with van der Waals surface area (Å²) < 4.78 is 25.5. The average molecular weight is 345 g/mol. The second-order valence-corrected chi connectivity index (χ2v) is 7.89. The smallest absolute Gasteiger partial charge is 0.244 e. The van der Waals surface area contributed by atoms with E-state index in [2.05, 4.69) is 10.3 Å². The van der Waals surface area contributed by atoms with Gasteiger partial charge >= 0.3 is 0 Å². The van der Waals surface area contributed by atoms with Gasteiger partial charge in [-0.2, -0.15) is 4.31 Å². The zero-order chi connectivity index (χ0) is 17.3. The topological polar surface area (TPSA) is 79.4 Å². The number of aryl methyl sites for hydroxylation is 1. The van der Waals surface area contributed by atoms with E-state index in [4.69, 9.17) is 0 Å². The normalized spacial score (nSPS) is 18.0. The first-order chi connectivity index (χ1) is 11.3. The lowest BCUT2D eigenvalue weighted by molar-refractivity contribution is -0.120. The summed E-state index contributed by atoms with van der Waals surface area (Å²) in [5.41, 5.74) is 2.71. The van der Waals surface area contributed by atoms with Crippen LogP contribution in [0.2, 0.25) is 0 Å². The number of benzene rings is 1. The maximum Gasteiger partial charge on any atom is 0.244 e. The summed E-state index contributed by atoms with van der Waals surface area (Å²) in [7, 11) is -3.51. The Labute approximate surface area is 141 Å². The van der Waals surface area contributed by atoms with Gasteiger partial charge in [0.1, 0.15) is 11.9 Å². The van der Waals surface area contributed by atoms with Gasteiger partial charge in [-0.3, -0.25) is 4.79 Å². The molecule has 1 amide bonds. The predicted molar refractivity (Wildman–Crippen MR) is 91.9 cm³/mol. The van der Waals surface area contributed by atoms with Gasteiger partial charge in [0.2, 0.25) is 15.9 Å². The monoisotopic (exact) mass is 345 g/mol. The van der Waals surface area contributed by atoms with Crippen LogP contribution < -0.4 is 5.32 Å². The Balaban J connectivity index is 1.90. The van der Waals surface area contributed by atoms with Gasteiger partial charge in [-0.15, -0.1) is 0 Å². The number of pyridine rings is 1. The van der Waals surface area contributed by atoms with Gasteiger partial charge in [0, 0.05) is 12.2 Å². The Kier molecular flexibility index (Phi) is 4.38. The van der Waals surface area contributed by atoms with Crippen molar-refractivity contribution in [1.29, 1.82) is 0 Å². The van der Waals surface area contributed by atoms with Crippen LogP contribution in [0.15, 0.2) is 42.5 Å². The molecule has 1 aromatic carbocycles. The van der Waals surface area contributed by atoms with Crippen molar-refractivity contribution >= 4 is 21.7 Å². The summed E-state index contributed by atoms with van der Waals surface area (Å²) in [6.07, 6.45) is 1.48. The molecule has 126 valence electrons. The van der Waals surface area contributed by atoms with Crippen molar-refractivity contribution in [2.24, 2.45) is 0 Å². The number of nitrogens with one attached hydrogen (secondary N) is 1. The molecule has 24 heavy (non-hydrogen) atoms. The third-order valence-electron chi connectivity index (χ3n) is 4.07. The summed E-state index contributed by atoms with van der Waals surface area (Å²) >= 11 is 0. The Bertz CT molecular complexity index is 880. The van der Waals surface area contributed by atoms with Crippen LogP contribution in [-0.4, -0.2) is 35.9 Å². The van der Waals surface area contributed by atoms with Crippen LogP contribution in [0.5, 0.6) is 0 Å². The molecule has 0 bridgehead atoms. The number of carbonyl (C=O) groups excluding carboxylic acids is 1. The van der Waals surface area contributed by atoms with Crippen LogP contribution in [0.3, 0.4) is 0 Å². The van der Waals surface area contributed by atoms with Crippen molar-refractivity contribution in [2.45, 2.75) is 25.9 Å². The van der Waals surface area contributed by atoms with Gasteiger partial charge in [0.25, 0.3) is 0 Å². The van der Waals surface area contributed by atoms with Crippen LogP contribution in [0.1, 0.15) is 16.8 Å². The Hall–Kier alpha value is -2.25. The first-order valence-electron chi connectivity index (χ1n) is 7.63. The number of hydrogen-bond acceptors (Lipinski definition) is 4. The number of rotatable bonds is 3. The average Bonchev–Trinajstić information content (AvgIpc) is 2.52. The standard InChI is InChI=1S/C17H19N3O3S/c1-12-6-5-9-16(18-12)19-17(21)15-10-13-7-3-4-8-14(13)11-20(15)24(2,22)23/h3-9,15H,10-11H2,1-2H3,(H,18,19,21)/t15-/m0/s1. The highest BCUT2D eigenvalue weighted by molar-refractivity contribution is 7.88. The molecule has 1 aromatic heterocycles. The second kappa shape index (κ2) is 6.33.